The summed E-state index contributed by atoms with van der Waals surface area (Å²) in [7, 11) is 0. The molecule has 1 atom stereocenters. The third-order valence-corrected chi connectivity index (χ3v) is 5.43. The van der Waals surface area contributed by atoms with Gasteiger partial charge in [0.15, 0.2) is 4.75 Å². The molecule has 1 aromatic rings. The van der Waals surface area contributed by atoms with Gasteiger partial charge in [0.2, 0.25) is 17.7 Å². The highest BCUT2D eigenvalue weighted by Crippen LogP contribution is 2.42. The molecule has 2 heterocycles. The number of carbonyl (C=O) groups excluding carboxylic acids is 3. The van der Waals surface area contributed by atoms with Crippen molar-refractivity contribution in [3.63, 3.8) is 0 Å². The normalized spacial score (nSPS) is 23.2. The highest BCUT2D eigenvalue weighted by Gasteiger charge is 2.45. The highest BCUT2D eigenvalue weighted by atomic mass is 32.2. The van der Waals surface area contributed by atoms with Gasteiger partial charge in [0.25, 0.3) is 0 Å². The molecule has 8 heteroatoms. The maximum absolute atomic E-state index is 12.5. The number of nitrogens with zero attached hydrogens (tertiary/aromatic N) is 1. The van der Waals surface area contributed by atoms with Crippen LogP contribution in [0.4, 0.5) is 5.69 Å². The SMILES string of the molecule is CC1(C(=O)NCC(=O)N2CCOCC2)Sc2ccccc2NC1=O. The summed E-state index contributed by atoms with van der Waals surface area (Å²) in [5.41, 5.74) is 0.696. The van der Waals surface area contributed by atoms with Gasteiger partial charge in [-0.1, -0.05) is 23.9 Å². The lowest BCUT2D eigenvalue weighted by atomic mass is 10.1. The van der Waals surface area contributed by atoms with Gasteiger partial charge in [0, 0.05) is 18.0 Å². The quantitative estimate of drug-likeness (QED) is 0.775. The highest BCUT2D eigenvalue weighted by molar-refractivity contribution is 8.02. The molecule has 2 N–H and O–H groups in total. The third kappa shape index (κ3) is 3.25. The fourth-order valence-electron chi connectivity index (χ4n) is 2.57. The molecule has 2 aliphatic heterocycles. The molecule has 2 aliphatic rings. The van der Waals surface area contributed by atoms with E-state index in [2.05, 4.69) is 10.6 Å². The summed E-state index contributed by atoms with van der Waals surface area (Å²) >= 11 is 1.19. The van der Waals surface area contributed by atoms with Crippen LogP contribution in [0.1, 0.15) is 6.92 Å². The molecule has 1 saturated heterocycles. The van der Waals surface area contributed by atoms with Crippen molar-refractivity contribution in [1.82, 2.24) is 10.2 Å². The summed E-state index contributed by atoms with van der Waals surface area (Å²) in [6.45, 7) is 3.50. The molecule has 7 nitrogen and oxygen atoms in total. The molecule has 1 unspecified atom stereocenters. The fourth-order valence-corrected chi connectivity index (χ4v) is 3.69. The zero-order chi connectivity index (χ0) is 17.2. The van der Waals surface area contributed by atoms with Crippen LogP contribution in [0.15, 0.2) is 29.2 Å². The fraction of sp³-hybridized carbons (Fsp3) is 0.438. The minimum atomic E-state index is -1.31. The minimum Gasteiger partial charge on any atom is -0.378 e. The van der Waals surface area contributed by atoms with Crippen molar-refractivity contribution in [2.24, 2.45) is 0 Å². The molecule has 0 bridgehead atoms. The number of carbonyl (C=O) groups is 3. The van der Waals surface area contributed by atoms with Gasteiger partial charge in [-0.05, 0) is 19.1 Å². The predicted molar refractivity (Wildman–Crippen MR) is 89.7 cm³/mol. The van der Waals surface area contributed by atoms with E-state index in [-0.39, 0.29) is 18.4 Å². The third-order valence-electron chi connectivity index (χ3n) is 4.08. The Morgan fingerprint density at radius 1 is 1.33 bits per heavy atom. The van der Waals surface area contributed by atoms with Crippen LogP contribution in [0.25, 0.3) is 0 Å². The molecule has 0 radical (unpaired) electrons. The Morgan fingerprint density at radius 3 is 2.79 bits per heavy atom. The first-order chi connectivity index (χ1) is 11.5. The molecule has 1 fully saturated rings. The molecule has 0 aromatic heterocycles. The lowest BCUT2D eigenvalue weighted by molar-refractivity contribution is -0.137. The summed E-state index contributed by atoms with van der Waals surface area (Å²) in [5, 5.41) is 5.35. The Labute approximate surface area is 144 Å². The Hall–Kier alpha value is -2.06. The zero-order valence-electron chi connectivity index (χ0n) is 13.3. The summed E-state index contributed by atoms with van der Waals surface area (Å²) in [5.74, 6) is -1.03. The van der Waals surface area contributed by atoms with Crippen LogP contribution < -0.4 is 10.6 Å². The number of amides is 3. The number of ether oxygens (including phenoxy) is 1. The van der Waals surface area contributed by atoms with Crippen LogP contribution in [-0.2, 0) is 19.1 Å². The van der Waals surface area contributed by atoms with E-state index in [1.807, 2.05) is 18.2 Å². The van der Waals surface area contributed by atoms with E-state index in [4.69, 9.17) is 4.74 Å². The molecule has 3 rings (SSSR count). The number of benzene rings is 1. The van der Waals surface area contributed by atoms with Gasteiger partial charge in [-0.2, -0.15) is 0 Å². The van der Waals surface area contributed by atoms with Crippen molar-refractivity contribution < 1.29 is 19.1 Å². The van der Waals surface area contributed by atoms with Crippen molar-refractivity contribution in [3.05, 3.63) is 24.3 Å². The number of hydrogen-bond donors (Lipinski definition) is 2. The second-order valence-corrected chi connectivity index (χ2v) is 7.22. The molecule has 3 amide bonds. The van der Waals surface area contributed by atoms with Crippen molar-refractivity contribution in [2.75, 3.05) is 38.2 Å². The smallest absolute Gasteiger partial charge is 0.250 e. The lowest BCUT2D eigenvalue weighted by Crippen LogP contribution is -2.54. The number of nitrogens with one attached hydrogen (secondary N) is 2. The molecule has 128 valence electrons. The number of hydrogen-bond acceptors (Lipinski definition) is 5. The van der Waals surface area contributed by atoms with Crippen LogP contribution in [0.3, 0.4) is 0 Å². The van der Waals surface area contributed by atoms with Crippen molar-refractivity contribution in [1.29, 1.82) is 0 Å². The summed E-state index contributed by atoms with van der Waals surface area (Å²) in [6, 6.07) is 7.32. The van der Waals surface area contributed by atoms with Gasteiger partial charge in [-0.3, -0.25) is 14.4 Å². The molecule has 0 saturated carbocycles. The van der Waals surface area contributed by atoms with E-state index in [0.29, 0.717) is 32.0 Å². The molecular formula is C16H19N3O4S. The standard InChI is InChI=1S/C16H19N3O4S/c1-16(15(22)18-11-4-2-3-5-12(11)24-16)14(21)17-10-13(20)19-6-8-23-9-7-19/h2-5H,6-10H2,1H3,(H,17,21)(H,18,22). The Balaban J connectivity index is 1.63. The Kier molecular flexibility index (Phi) is 4.77. The molecule has 24 heavy (non-hydrogen) atoms. The van der Waals surface area contributed by atoms with E-state index in [9.17, 15) is 14.4 Å². The number of morpholine rings is 1. The molecule has 0 aliphatic carbocycles. The zero-order valence-corrected chi connectivity index (χ0v) is 14.1. The summed E-state index contributed by atoms with van der Waals surface area (Å²) in [6.07, 6.45) is 0. The maximum atomic E-state index is 12.5. The second-order valence-electron chi connectivity index (χ2n) is 5.76. The molecule has 1 aromatic carbocycles. The van der Waals surface area contributed by atoms with E-state index < -0.39 is 10.7 Å². The monoisotopic (exact) mass is 349 g/mol. The van der Waals surface area contributed by atoms with Crippen LogP contribution in [0.2, 0.25) is 0 Å². The second kappa shape index (κ2) is 6.82. The maximum Gasteiger partial charge on any atom is 0.250 e. The van der Waals surface area contributed by atoms with E-state index in [1.165, 1.54) is 11.8 Å². The first-order valence-electron chi connectivity index (χ1n) is 7.74. The van der Waals surface area contributed by atoms with Crippen LogP contribution in [0, 0.1) is 0 Å². The average molecular weight is 349 g/mol. The lowest BCUT2D eigenvalue weighted by Gasteiger charge is -2.32. The average Bonchev–Trinajstić information content (AvgIpc) is 2.61. The van der Waals surface area contributed by atoms with Crippen molar-refractivity contribution >= 4 is 35.2 Å². The van der Waals surface area contributed by atoms with Crippen LogP contribution >= 0.6 is 11.8 Å². The predicted octanol–water partition coefficient (Wildman–Crippen LogP) is 0.464. The van der Waals surface area contributed by atoms with E-state index in [1.54, 1.807) is 17.9 Å². The topological polar surface area (TPSA) is 87.7 Å². The van der Waals surface area contributed by atoms with Gasteiger partial charge < -0.3 is 20.3 Å². The number of para-hydroxylation sites is 1. The summed E-state index contributed by atoms with van der Waals surface area (Å²) in [4.78, 5) is 39.5. The van der Waals surface area contributed by atoms with E-state index >= 15 is 0 Å². The number of fused-ring (bicyclic) bond motifs is 1. The van der Waals surface area contributed by atoms with Gasteiger partial charge in [0.05, 0.1) is 25.4 Å². The van der Waals surface area contributed by atoms with Gasteiger partial charge in [-0.25, -0.2) is 0 Å². The minimum absolute atomic E-state index is 0.121. The van der Waals surface area contributed by atoms with Gasteiger partial charge >= 0.3 is 0 Å². The largest absolute Gasteiger partial charge is 0.378 e. The number of rotatable bonds is 3. The number of thioether (sulfide) groups is 1. The van der Waals surface area contributed by atoms with E-state index in [0.717, 1.165) is 4.90 Å². The van der Waals surface area contributed by atoms with Gasteiger partial charge in [0.1, 0.15) is 0 Å². The van der Waals surface area contributed by atoms with Crippen LogP contribution in [-0.4, -0.2) is 60.2 Å². The number of anilines is 1. The Morgan fingerprint density at radius 2 is 2.04 bits per heavy atom. The Bertz CT molecular complexity index is 675. The summed E-state index contributed by atoms with van der Waals surface area (Å²) < 4.78 is 3.89. The first-order valence-corrected chi connectivity index (χ1v) is 8.55. The molecular weight excluding hydrogens is 330 g/mol. The van der Waals surface area contributed by atoms with Crippen LogP contribution in [0.5, 0.6) is 0 Å². The first kappa shape index (κ1) is 16.8. The molecule has 0 spiro atoms. The van der Waals surface area contributed by atoms with Gasteiger partial charge in [-0.15, -0.1) is 0 Å². The van der Waals surface area contributed by atoms with Crippen molar-refractivity contribution in [2.45, 2.75) is 16.6 Å². The van der Waals surface area contributed by atoms with Crippen molar-refractivity contribution in [3.8, 4) is 0 Å².